The van der Waals surface area contributed by atoms with Crippen LogP contribution < -0.4 is 5.11 Å². The van der Waals surface area contributed by atoms with Crippen LogP contribution in [-0.4, -0.2) is 18.2 Å². The Labute approximate surface area is 52.9 Å². The summed E-state index contributed by atoms with van der Waals surface area (Å²) >= 11 is 0. The van der Waals surface area contributed by atoms with Crippen molar-refractivity contribution in [1.29, 1.82) is 0 Å². The maximum absolute atomic E-state index is 9.78. The quantitative estimate of drug-likeness (QED) is 0.356. The Kier molecular flexibility index (Phi) is 1.53. The van der Waals surface area contributed by atoms with Crippen molar-refractivity contribution in [2.45, 2.75) is 19.1 Å². The Balaban J connectivity index is 2.25. The lowest BCUT2D eigenvalue weighted by Gasteiger charge is -1.86. The van der Waals surface area contributed by atoms with E-state index in [0.717, 1.165) is 6.08 Å². The first-order chi connectivity index (χ1) is 4.20. The molecule has 0 bridgehead atoms. The first-order valence-electron chi connectivity index (χ1n) is 2.75. The van der Waals surface area contributed by atoms with Gasteiger partial charge in [-0.05, 0) is 13.0 Å². The van der Waals surface area contributed by atoms with E-state index in [1.807, 2.05) is 6.92 Å². The molecule has 0 aliphatic carbocycles. The maximum atomic E-state index is 9.78. The second kappa shape index (κ2) is 2.19. The summed E-state index contributed by atoms with van der Waals surface area (Å²) in [7, 11) is 0. The zero-order valence-corrected chi connectivity index (χ0v) is 5.03. The normalized spacial score (nSPS) is 33.0. The number of ether oxygens (including phenoxy) is 1. The molecule has 0 saturated carbocycles. The van der Waals surface area contributed by atoms with E-state index in [-0.39, 0.29) is 12.2 Å². The van der Waals surface area contributed by atoms with Gasteiger partial charge in [0.2, 0.25) is 0 Å². The highest BCUT2D eigenvalue weighted by Gasteiger charge is 2.30. The standard InChI is InChI=1S/C6H8O3/c1-4-5(9-4)2-3-6(7)8/h2-5H,1H3,(H,7,8)/p-1/b3-2+. The van der Waals surface area contributed by atoms with Gasteiger partial charge >= 0.3 is 0 Å². The van der Waals surface area contributed by atoms with Crippen molar-refractivity contribution < 1.29 is 14.6 Å². The Morgan fingerprint density at radius 1 is 1.78 bits per heavy atom. The molecule has 1 rings (SSSR count). The molecule has 1 saturated heterocycles. The zero-order chi connectivity index (χ0) is 6.85. The molecule has 2 atom stereocenters. The van der Waals surface area contributed by atoms with Crippen molar-refractivity contribution >= 4 is 5.97 Å². The largest absolute Gasteiger partial charge is 0.545 e. The fourth-order valence-electron chi connectivity index (χ4n) is 0.578. The molecule has 1 aliphatic heterocycles. The summed E-state index contributed by atoms with van der Waals surface area (Å²) in [6.45, 7) is 1.88. The molecule has 0 aromatic heterocycles. The summed E-state index contributed by atoms with van der Waals surface area (Å²) in [5, 5.41) is 9.78. The van der Waals surface area contributed by atoms with Crippen LogP contribution in [-0.2, 0) is 9.53 Å². The smallest absolute Gasteiger partial charge is 0.102 e. The molecule has 0 aromatic rings. The van der Waals surface area contributed by atoms with Crippen LogP contribution in [0.25, 0.3) is 0 Å². The molecule has 0 radical (unpaired) electrons. The van der Waals surface area contributed by atoms with Gasteiger partial charge in [-0.3, -0.25) is 0 Å². The molecule has 9 heavy (non-hydrogen) atoms. The molecule has 0 spiro atoms. The number of epoxide rings is 1. The molecule has 3 nitrogen and oxygen atoms in total. The van der Waals surface area contributed by atoms with Crippen LogP contribution in [0.4, 0.5) is 0 Å². The highest BCUT2D eigenvalue weighted by Crippen LogP contribution is 2.21. The highest BCUT2D eigenvalue weighted by atomic mass is 16.6. The van der Waals surface area contributed by atoms with Crippen LogP contribution in [0.2, 0.25) is 0 Å². The van der Waals surface area contributed by atoms with Crippen molar-refractivity contribution in [3.05, 3.63) is 12.2 Å². The van der Waals surface area contributed by atoms with Crippen LogP contribution in [0.15, 0.2) is 12.2 Å². The van der Waals surface area contributed by atoms with Gasteiger partial charge in [0.05, 0.1) is 12.1 Å². The van der Waals surface area contributed by atoms with Crippen LogP contribution >= 0.6 is 0 Å². The van der Waals surface area contributed by atoms with Gasteiger partial charge in [0, 0.05) is 0 Å². The first kappa shape index (κ1) is 6.29. The number of carbonyl (C=O) groups is 1. The predicted molar refractivity (Wildman–Crippen MR) is 28.5 cm³/mol. The molecular weight excluding hydrogens is 120 g/mol. The summed E-state index contributed by atoms with van der Waals surface area (Å²) < 4.78 is 4.89. The second-order valence-electron chi connectivity index (χ2n) is 1.98. The number of hydrogen-bond donors (Lipinski definition) is 0. The van der Waals surface area contributed by atoms with Gasteiger partial charge < -0.3 is 14.6 Å². The Morgan fingerprint density at radius 3 is 2.67 bits per heavy atom. The number of carboxylic acid groups (broad SMARTS) is 1. The average molecular weight is 127 g/mol. The van der Waals surface area contributed by atoms with Crippen molar-refractivity contribution in [3.8, 4) is 0 Å². The van der Waals surface area contributed by atoms with E-state index in [4.69, 9.17) is 4.74 Å². The van der Waals surface area contributed by atoms with Gasteiger partial charge in [0.15, 0.2) is 0 Å². The predicted octanol–water partition coefficient (Wildman–Crippen LogP) is -0.920. The first-order valence-corrected chi connectivity index (χ1v) is 2.75. The van der Waals surface area contributed by atoms with E-state index in [2.05, 4.69) is 0 Å². The molecular formula is C6H7O3-. The number of carboxylic acids is 1. The molecule has 0 amide bonds. The highest BCUT2D eigenvalue weighted by molar-refractivity contribution is 5.77. The molecule has 1 aliphatic rings. The fraction of sp³-hybridized carbons (Fsp3) is 0.500. The van der Waals surface area contributed by atoms with E-state index in [0.29, 0.717) is 0 Å². The van der Waals surface area contributed by atoms with Gasteiger partial charge in [0.25, 0.3) is 0 Å². The van der Waals surface area contributed by atoms with Crippen LogP contribution in [0.3, 0.4) is 0 Å². The van der Waals surface area contributed by atoms with Crippen molar-refractivity contribution in [2.75, 3.05) is 0 Å². The molecule has 2 unspecified atom stereocenters. The van der Waals surface area contributed by atoms with Gasteiger partial charge in [-0.2, -0.15) is 0 Å². The third-order valence-corrected chi connectivity index (χ3v) is 1.18. The van der Waals surface area contributed by atoms with E-state index >= 15 is 0 Å². The van der Waals surface area contributed by atoms with Gasteiger partial charge in [-0.1, -0.05) is 6.08 Å². The summed E-state index contributed by atoms with van der Waals surface area (Å²) in [5.41, 5.74) is 0. The van der Waals surface area contributed by atoms with Crippen LogP contribution in [0, 0.1) is 0 Å². The monoisotopic (exact) mass is 127 g/mol. The average Bonchev–Trinajstić information content (AvgIpc) is 2.42. The van der Waals surface area contributed by atoms with Crippen LogP contribution in [0.5, 0.6) is 0 Å². The minimum atomic E-state index is -1.17. The third kappa shape index (κ3) is 1.85. The van der Waals surface area contributed by atoms with Gasteiger partial charge in [0.1, 0.15) is 6.10 Å². The van der Waals surface area contributed by atoms with E-state index < -0.39 is 5.97 Å². The van der Waals surface area contributed by atoms with Gasteiger partial charge in [-0.25, -0.2) is 0 Å². The lowest BCUT2D eigenvalue weighted by molar-refractivity contribution is -0.297. The maximum Gasteiger partial charge on any atom is 0.102 e. The molecule has 1 heterocycles. The van der Waals surface area contributed by atoms with Gasteiger partial charge in [-0.15, -0.1) is 0 Å². The van der Waals surface area contributed by atoms with Crippen molar-refractivity contribution in [1.82, 2.24) is 0 Å². The number of rotatable bonds is 2. The summed E-state index contributed by atoms with van der Waals surface area (Å²) in [6.07, 6.45) is 2.66. The van der Waals surface area contributed by atoms with E-state index in [1.165, 1.54) is 6.08 Å². The van der Waals surface area contributed by atoms with E-state index in [9.17, 15) is 9.90 Å². The Morgan fingerprint density at radius 2 is 2.33 bits per heavy atom. The Bertz CT molecular complexity index is 150. The summed E-state index contributed by atoms with van der Waals surface area (Å²) in [6, 6.07) is 0. The molecule has 0 N–H and O–H groups in total. The van der Waals surface area contributed by atoms with E-state index in [1.54, 1.807) is 0 Å². The number of carbonyl (C=O) groups excluding carboxylic acids is 1. The number of aliphatic carboxylic acids is 1. The molecule has 1 fully saturated rings. The van der Waals surface area contributed by atoms with Crippen LogP contribution in [0.1, 0.15) is 6.92 Å². The second-order valence-corrected chi connectivity index (χ2v) is 1.98. The summed E-state index contributed by atoms with van der Waals surface area (Å²) in [5.74, 6) is -1.17. The third-order valence-electron chi connectivity index (χ3n) is 1.18. The summed E-state index contributed by atoms with van der Waals surface area (Å²) in [4.78, 5) is 9.78. The minimum absolute atomic E-state index is 0.00269. The lowest BCUT2D eigenvalue weighted by Crippen LogP contribution is -2.18. The molecule has 0 aromatic carbocycles. The topological polar surface area (TPSA) is 52.7 Å². The molecule has 50 valence electrons. The van der Waals surface area contributed by atoms with Crippen molar-refractivity contribution in [3.63, 3.8) is 0 Å². The SMILES string of the molecule is CC1OC1/C=C/C(=O)[O-]. The van der Waals surface area contributed by atoms with Crippen molar-refractivity contribution in [2.24, 2.45) is 0 Å². The Hall–Kier alpha value is -0.830. The lowest BCUT2D eigenvalue weighted by atomic mass is 10.3. The fourth-order valence-corrected chi connectivity index (χ4v) is 0.578. The number of hydrogen-bond acceptors (Lipinski definition) is 3. The molecule has 3 heteroatoms. The minimum Gasteiger partial charge on any atom is -0.545 e. The zero-order valence-electron chi connectivity index (χ0n) is 5.03.